The Bertz CT molecular complexity index is 1520. The molecule has 39 heavy (non-hydrogen) atoms. The molecule has 2 saturated heterocycles. The smallest absolute Gasteiger partial charge is 0.253 e. The van der Waals surface area contributed by atoms with Gasteiger partial charge in [-0.15, -0.1) is 5.10 Å². The van der Waals surface area contributed by atoms with Gasteiger partial charge >= 0.3 is 0 Å². The van der Waals surface area contributed by atoms with Crippen LogP contribution in [0.5, 0.6) is 5.75 Å². The van der Waals surface area contributed by atoms with E-state index in [1.807, 2.05) is 35.0 Å². The number of hydrogen-bond acceptors (Lipinski definition) is 8. The number of benzene rings is 2. The molecule has 2 aromatic heterocycles. The first-order valence-corrected chi connectivity index (χ1v) is 13.7. The van der Waals surface area contributed by atoms with Crippen molar-refractivity contribution in [1.82, 2.24) is 30.1 Å². The Labute approximate surface area is 227 Å². The van der Waals surface area contributed by atoms with Crippen molar-refractivity contribution in [3.63, 3.8) is 0 Å². The first-order chi connectivity index (χ1) is 19.0. The van der Waals surface area contributed by atoms with Gasteiger partial charge in [-0.1, -0.05) is 12.1 Å². The van der Waals surface area contributed by atoms with Crippen molar-refractivity contribution >= 4 is 16.6 Å². The Kier molecular flexibility index (Phi) is 7.05. The molecular formula is C29H35N7O3. The van der Waals surface area contributed by atoms with E-state index in [-0.39, 0.29) is 11.7 Å². The predicted molar refractivity (Wildman–Crippen MR) is 149 cm³/mol. The topological polar surface area (TPSA) is 101 Å². The molecule has 1 N–H and O–H groups in total. The lowest BCUT2D eigenvalue weighted by molar-refractivity contribution is 0.0906. The molecule has 4 heterocycles. The molecule has 4 aromatic rings. The van der Waals surface area contributed by atoms with E-state index < -0.39 is 6.04 Å². The van der Waals surface area contributed by atoms with E-state index in [1.165, 1.54) is 5.56 Å². The second-order valence-corrected chi connectivity index (χ2v) is 10.5. The number of anilines is 1. The van der Waals surface area contributed by atoms with Gasteiger partial charge in [0.15, 0.2) is 5.82 Å². The number of ether oxygens (including phenoxy) is 2. The first kappa shape index (κ1) is 25.5. The number of aryl methyl sites for hydroxylation is 2. The highest BCUT2D eigenvalue weighted by atomic mass is 16.5. The standard InChI is InChI=1S/C29H35N7O3/c1-19-15-21-17-23(29(37)30-24(21)16-20(19)2)27(28-31-32-33-36(28)18-22-7-6-14-39-22)35-12-10-34(11-13-35)25-8-4-5-9-26(25)38-3/h4-5,8-9,15-17,22,27H,6-7,10-14,18H2,1-3H3,(H,30,37). The lowest BCUT2D eigenvalue weighted by Crippen LogP contribution is -2.49. The molecule has 6 rings (SSSR count). The van der Waals surface area contributed by atoms with Gasteiger partial charge in [-0.05, 0) is 84.0 Å². The molecule has 0 radical (unpaired) electrons. The van der Waals surface area contributed by atoms with Gasteiger partial charge in [-0.3, -0.25) is 9.69 Å². The van der Waals surface area contributed by atoms with Crippen LogP contribution in [-0.4, -0.2) is 76.1 Å². The summed E-state index contributed by atoms with van der Waals surface area (Å²) < 4.78 is 13.3. The largest absolute Gasteiger partial charge is 0.495 e. The van der Waals surface area contributed by atoms with E-state index in [0.29, 0.717) is 17.9 Å². The van der Waals surface area contributed by atoms with Crippen LogP contribution in [0.4, 0.5) is 5.69 Å². The fraction of sp³-hybridized carbons (Fsp3) is 0.448. The van der Waals surface area contributed by atoms with Crippen LogP contribution in [0.2, 0.25) is 0 Å². The second kappa shape index (κ2) is 10.8. The molecule has 0 aliphatic carbocycles. The molecule has 2 fully saturated rings. The molecule has 0 spiro atoms. The summed E-state index contributed by atoms with van der Waals surface area (Å²) in [6.07, 6.45) is 2.10. The van der Waals surface area contributed by atoms with Gasteiger partial charge in [-0.2, -0.15) is 0 Å². The highest BCUT2D eigenvalue weighted by Gasteiger charge is 2.34. The van der Waals surface area contributed by atoms with Crippen LogP contribution < -0.4 is 15.2 Å². The summed E-state index contributed by atoms with van der Waals surface area (Å²) >= 11 is 0. The van der Waals surface area contributed by atoms with Crippen molar-refractivity contribution in [2.24, 2.45) is 0 Å². The van der Waals surface area contributed by atoms with Gasteiger partial charge in [0.25, 0.3) is 5.56 Å². The maximum atomic E-state index is 13.6. The number of aromatic amines is 1. The third kappa shape index (κ3) is 5.02. The molecule has 2 unspecified atom stereocenters. The van der Waals surface area contributed by atoms with Crippen LogP contribution in [0.15, 0.2) is 47.3 Å². The second-order valence-electron chi connectivity index (χ2n) is 10.5. The molecule has 0 amide bonds. The van der Waals surface area contributed by atoms with Crippen LogP contribution >= 0.6 is 0 Å². The maximum absolute atomic E-state index is 13.6. The minimum absolute atomic E-state index is 0.0794. The normalized spacial score (nSPS) is 19.1. The number of nitrogens with zero attached hydrogens (tertiary/aromatic N) is 6. The zero-order chi connectivity index (χ0) is 26.9. The van der Waals surface area contributed by atoms with E-state index in [9.17, 15) is 4.79 Å². The van der Waals surface area contributed by atoms with E-state index in [4.69, 9.17) is 9.47 Å². The van der Waals surface area contributed by atoms with Gasteiger partial charge in [0, 0.05) is 43.9 Å². The number of hydrogen-bond donors (Lipinski definition) is 1. The monoisotopic (exact) mass is 529 g/mol. The van der Waals surface area contributed by atoms with Crippen LogP contribution in [0.3, 0.4) is 0 Å². The quantitative estimate of drug-likeness (QED) is 0.390. The Morgan fingerprint density at radius 3 is 2.67 bits per heavy atom. The molecule has 204 valence electrons. The van der Waals surface area contributed by atoms with E-state index in [1.54, 1.807) is 7.11 Å². The van der Waals surface area contributed by atoms with Crippen molar-refractivity contribution in [2.75, 3.05) is 44.8 Å². The summed E-state index contributed by atoms with van der Waals surface area (Å²) in [5.74, 6) is 1.53. The van der Waals surface area contributed by atoms with Crippen molar-refractivity contribution < 1.29 is 9.47 Å². The maximum Gasteiger partial charge on any atom is 0.253 e. The molecule has 0 bridgehead atoms. The van der Waals surface area contributed by atoms with E-state index in [0.717, 1.165) is 73.5 Å². The number of rotatable bonds is 7. The average molecular weight is 530 g/mol. The summed E-state index contributed by atoms with van der Waals surface area (Å²) in [7, 11) is 1.70. The summed E-state index contributed by atoms with van der Waals surface area (Å²) in [6, 6.07) is 13.9. The number of piperazine rings is 1. The summed E-state index contributed by atoms with van der Waals surface area (Å²) in [4.78, 5) is 21.4. The van der Waals surface area contributed by atoms with Crippen molar-refractivity contribution in [2.45, 2.75) is 45.4 Å². The van der Waals surface area contributed by atoms with Gasteiger partial charge in [0.1, 0.15) is 11.8 Å². The molecular weight excluding hydrogens is 494 g/mol. The highest BCUT2D eigenvalue weighted by Crippen LogP contribution is 2.32. The van der Waals surface area contributed by atoms with Crippen molar-refractivity contribution in [1.29, 1.82) is 0 Å². The molecule has 0 saturated carbocycles. The molecule has 10 heteroatoms. The van der Waals surface area contributed by atoms with Crippen molar-refractivity contribution in [3.8, 4) is 5.75 Å². The molecule has 2 atom stereocenters. The molecule has 10 nitrogen and oxygen atoms in total. The predicted octanol–water partition coefficient (Wildman–Crippen LogP) is 3.23. The van der Waals surface area contributed by atoms with Crippen LogP contribution in [0.25, 0.3) is 10.9 Å². The highest BCUT2D eigenvalue weighted by molar-refractivity contribution is 5.81. The fourth-order valence-corrected chi connectivity index (χ4v) is 5.83. The number of pyridine rings is 1. The average Bonchev–Trinajstić information content (AvgIpc) is 3.63. The lowest BCUT2D eigenvalue weighted by Gasteiger charge is -2.40. The third-order valence-electron chi connectivity index (χ3n) is 8.09. The van der Waals surface area contributed by atoms with Gasteiger partial charge in [0.05, 0.1) is 25.4 Å². The van der Waals surface area contributed by atoms with Gasteiger partial charge in [0.2, 0.25) is 0 Å². The molecule has 2 aromatic carbocycles. The third-order valence-corrected chi connectivity index (χ3v) is 8.09. The van der Waals surface area contributed by atoms with Crippen molar-refractivity contribution in [3.05, 3.63) is 75.3 Å². The number of H-pyrrole nitrogens is 1. The van der Waals surface area contributed by atoms with Crippen LogP contribution in [0, 0.1) is 13.8 Å². The Morgan fingerprint density at radius 1 is 1.10 bits per heavy atom. The number of fused-ring (bicyclic) bond motifs is 1. The number of aromatic nitrogens is 5. The minimum atomic E-state index is -0.393. The Balaban J connectivity index is 1.37. The number of methoxy groups -OCH3 is 1. The SMILES string of the molecule is COc1ccccc1N1CCN(C(c2cc3cc(C)c(C)cc3[nH]c2=O)c2nnnn2CC2CCCO2)CC1. The first-order valence-electron chi connectivity index (χ1n) is 13.7. The van der Waals surface area contributed by atoms with Crippen LogP contribution in [0.1, 0.15) is 41.4 Å². The number of nitrogens with one attached hydrogen (secondary N) is 1. The van der Waals surface area contributed by atoms with Crippen LogP contribution in [-0.2, 0) is 11.3 Å². The minimum Gasteiger partial charge on any atom is -0.495 e. The fourth-order valence-electron chi connectivity index (χ4n) is 5.83. The Morgan fingerprint density at radius 2 is 1.90 bits per heavy atom. The lowest BCUT2D eigenvalue weighted by atomic mass is 10.00. The summed E-state index contributed by atoms with van der Waals surface area (Å²) in [5.41, 5.74) is 4.79. The van der Waals surface area contributed by atoms with Gasteiger partial charge in [-0.25, -0.2) is 4.68 Å². The zero-order valence-electron chi connectivity index (χ0n) is 22.8. The van der Waals surface area contributed by atoms with E-state index >= 15 is 0 Å². The molecule has 2 aliphatic rings. The summed E-state index contributed by atoms with van der Waals surface area (Å²) in [5, 5.41) is 13.9. The zero-order valence-corrected chi connectivity index (χ0v) is 22.8. The molecule has 2 aliphatic heterocycles. The van der Waals surface area contributed by atoms with E-state index in [2.05, 4.69) is 56.3 Å². The number of tetrazole rings is 1. The van der Waals surface area contributed by atoms with Gasteiger partial charge < -0.3 is 19.4 Å². The summed E-state index contributed by atoms with van der Waals surface area (Å²) in [6.45, 7) is 8.53. The Hall–Kier alpha value is -3.76. The number of para-hydroxylation sites is 2.